The summed E-state index contributed by atoms with van der Waals surface area (Å²) in [5.74, 6) is 0.483. The van der Waals surface area contributed by atoms with E-state index in [1.54, 1.807) is 6.07 Å². The first-order chi connectivity index (χ1) is 7.24. The Morgan fingerprint density at radius 3 is 2.87 bits per heavy atom. The smallest absolute Gasteiger partial charge is 0.257 e. The summed E-state index contributed by atoms with van der Waals surface area (Å²) >= 11 is 3.32. The molecule has 0 unspecified atom stereocenters. The standard InChI is InChI=1S/C10H13BrN2O2/c11-8-3-1-2-4-9(8)15-7-10(14)13-6-5-12/h1-4H,5-7,12H2,(H,13,14). The van der Waals surface area contributed by atoms with Gasteiger partial charge >= 0.3 is 0 Å². The zero-order chi connectivity index (χ0) is 11.1. The predicted molar refractivity (Wildman–Crippen MR) is 61.7 cm³/mol. The van der Waals surface area contributed by atoms with E-state index in [1.165, 1.54) is 0 Å². The van der Waals surface area contributed by atoms with Crippen molar-refractivity contribution in [3.8, 4) is 5.75 Å². The van der Waals surface area contributed by atoms with Crippen LogP contribution < -0.4 is 15.8 Å². The van der Waals surface area contributed by atoms with E-state index in [2.05, 4.69) is 21.2 Å². The van der Waals surface area contributed by atoms with Gasteiger partial charge in [0.15, 0.2) is 6.61 Å². The molecule has 1 amide bonds. The second-order valence-corrected chi connectivity index (χ2v) is 3.71. The minimum atomic E-state index is -0.170. The van der Waals surface area contributed by atoms with Crippen molar-refractivity contribution >= 4 is 21.8 Å². The van der Waals surface area contributed by atoms with Gasteiger partial charge in [0.05, 0.1) is 4.47 Å². The fraction of sp³-hybridized carbons (Fsp3) is 0.300. The highest BCUT2D eigenvalue weighted by Gasteiger charge is 2.03. The molecule has 0 bridgehead atoms. The van der Waals surface area contributed by atoms with E-state index in [4.69, 9.17) is 10.5 Å². The highest BCUT2D eigenvalue weighted by molar-refractivity contribution is 9.10. The van der Waals surface area contributed by atoms with E-state index in [-0.39, 0.29) is 12.5 Å². The SMILES string of the molecule is NCCNC(=O)COc1ccccc1Br. The van der Waals surface area contributed by atoms with Crippen molar-refractivity contribution in [2.24, 2.45) is 5.73 Å². The molecule has 5 heteroatoms. The fourth-order valence-corrected chi connectivity index (χ4v) is 1.37. The first-order valence-electron chi connectivity index (χ1n) is 4.58. The largest absolute Gasteiger partial charge is 0.483 e. The average molecular weight is 273 g/mol. The maximum absolute atomic E-state index is 11.2. The second kappa shape index (κ2) is 6.42. The summed E-state index contributed by atoms with van der Waals surface area (Å²) in [5, 5.41) is 2.62. The topological polar surface area (TPSA) is 64.3 Å². The summed E-state index contributed by atoms with van der Waals surface area (Å²) in [6.45, 7) is 0.904. The minimum Gasteiger partial charge on any atom is -0.483 e. The van der Waals surface area contributed by atoms with Crippen LogP contribution in [-0.2, 0) is 4.79 Å². The van der Waals surface area contributed by atoms with Crippen molar-refractivity contribution in [3.63, 3.8) is 0 Å². The third-order valence-electron chi connectivity index (χ3n) is 1.66. The number of carbonyl (C=O) groups excluding carboxylic acids is 1. The first-order valence-corrected chi connectivity index (χ1v) is 5.37. The number of nitrogens with one attached hydrogen (secondary N) is 1. The normalized spacial score (nSPS) is 9.73. The van der Waals surface area contributed by atoms with Crippen LogP contribution in [0.3, 0.4) is 0 Å². The Morgan fingerprint density at radius 2 is 2.20 bits per heavy atom. The fourth-order valence-electron chi connectivity index (χ4n) is 0.968. The Balaban J connectivity index is 2.37. The molecule has 15 heavy (non-hydrogen) atoms. The van der Waals surface area contributed by atoms with Crippen molar-refractivity contribution in [1.82, 2.24) is 5.32 Å². The lowest BCUT2D eigenvalue weighted by Gasteiger charge is -2.07. The summed E-state index contributed by atoms with van der Waals surface area (Å²) in [6, 6.07) is 7.37. The van der Waals surface area contributed by atoms with Crippen LogP contribution >= 0.6 is 15.9 Å². The summed E-state index contributed by atoms with van der Waals surface area (Å²) in [6.07, 6.45) is 0. The van der Waals surface area contributed by atoms with Gasteiger partial charge in [-0.15, -0.1) is 0 Å². The molecule has 0 fully saturated rings. The molecule has 0 saturated carbocycles. The van der Waals surface area contributed by atoms with Crippen LogP contribution in [0.2, 0.25) is 0 Å². The van der Waals surface area contributed by atoms with Crippen LogP contribution in [0.5, 0.6) is 5.75 Å². The average Bonchev–Trinajstić information content (AvgIpc) is 2.25. The maximum atomic E-state index is 11.2. The van der Waals surface area contributed by atoms with Crippen LogP contribution in [-0.4, -0.2) is 25.6 Å². The van der Waals surface area contributed by atoms with E-state index in [1.807, 2.05) is 18.2 Å². The molecular formula is C10H13BrN2O2. The van der Waals surface area contributed by atoms with Crippen LogP contribution in [0.15, 0.2) is 28.7 Å². The van der Waals surface area contributed by atoms with Gasteiger partial charge in [0.2, 0.25) is 0 Å². The Labute approximate surface area is 96.9 Å². The number of benzene rings is 1. The van der Waals surface area contributed by atoms with E-state index in [9.17, 15) is 4.79 Å². The number of halogens is 1. The molecule has 3 N–H and O–H groups in total. The van der Waals surface area contributed by atoms with Crippen LogP contribution in [0.4, 0.5) is 0 Å². The number of rotatable bonds is 5. The molecular weight excluding hydrogens is 260 g/mol. The molecule has 82 valence electrons. The van der Waals surface area contributed by atoms with Gasteiger partial charge in [-0.2, -0.15) is 0 Å². The van der Waals surface area contributed by atoms with Gasteiger partial charge in [-0.25, -0.2) is 0 Å². The van der Waals surface area contributed by atoms with Crippen LogP contribution in [0, 0.1) is 0 Å². The maximum Gasteiger partial charge on any atom is 0.257 e. The zero-order valence-corrected chi connectivity index (χ0v) is 9.79. The third kappa shape index (κ3) is 4.31. The number of hydrogen-bond donors (Lipinski definition) is 2. The quantitative estimate of drug-likeness (QED) is 0.837. The summed E-state index contributed by atoms with van der Waals surface area (Å²) in [4.78, 5) is 11.2. The van der Waals surface area contributed by atoms with Crippen molar-refractivity contribution < 1.29 is 9.53 Å². The Morgan fingerprint density at radius 1 is 1.47 bits per heavy atom. The number of nitrogens with two attached hydrogens (primary N) is 1. The molecule has 0 spiro atoms. The number of para-hydroxylation sites is 1. The number of carbonyl (C=O) groups is 1. The molecule has 0 aliphatic rings. The highest BCUT2D eigenvalue weighted by Crippen LogP contribution is 2.23. The Kier molecular flexibility index (Phi) is 5.14. The molecule has 0 aliphatic carbocycles. The van der Waals surface area contributed by atoms with Crippen molar-refractivity contribution in [3.05, 3.63) is 28.7 Å². The van der Waals surface area contributed by atoms with Gasteiger partial charge in [0, 0.05) is 13.1 Å². The van der Waals surface area contributed by atoms with Gasteiger partial charge < -0.3 is 15.8 Å². The number of amides is 1. The highest BCUT2D eigenvalue weighted by atomic mass is 79.9. The number of ether oxygens (including phenoxy) is 1. The van der Waals surface area contributed by atoms with Gasteiger partial charge in [-0.1, -0.05) is 12.1 Å². The van der Waals surface area contributed by atoms with E-state index in [0.717, 1.165) is 4.47 Å². The molecule has 1 rings (SSSR count). The molecule has 0 aliphatic heterocycles. The summed E-state index contributed by atoms with van der Waals surface area (Å²) < 4.78 is 6.13. The molecule has 0 heterocycles. The van der Waals surface area contributed by atoms with Crippen molar-refractivity contribution in [2.45, 2.75) is 0 Å². The lowest BCUT2D eigenvalue weighted by Crippen LogP contribution is -2.32. The van der Waals surface area contributed by atoms with E-state index >= 15 is 0 Å². The first kappa shape index (κ1) is 12.0. The van der Waals surface area contributed by atoms with Crippen molar-refractivity contribution in [1.29, 1.82) is 0 Å². The lowest BCUT2D eigenvalue weighted by atomic mass is 10.3. The molecule has 0 aromatic heterocycles. The molecule has 4 nitrogen and oxygen atoms in total. The van der Waals surface area contributed by atoms with Crippen LogP contribution in [0.25, 0.3) is 0 Å². The monoisotopic (exact) mass is 272 g/mol. The molecule has 0 saturated heterocycles. The summed E-state index contributed by atoms with van der Waals surface area (Å²) in [5.41, 5.74) is 5.25. The third-order valence-corrected chi connectivity index (χ3v) is 2.32. The van der Waals surface area contributed by atoms with Crippen LogP contribution in [0.1, 0.15) is 0 Å². The Bertz CT molecular complexity index is 331. The Hall–Kier alpha value is -1.07. The molecule has 1 aromatic rings. The van der Waals surface area contributed by atoms with Gasteiger partial charge in [-0.05, 0) is 28.1 Å². The second-order valence-electron chi connectivity index (χ2n) is 2.86. The molecule has 1 aromatic carbocycles. The van der Waals surface area contributed by atoms with Gasteiger partial charge in [0.1, 0.15) is 5.75 Å². The summed E-state index contributed by atoms with van der Waals surface area (Å²) in [7, 11) is 0. The molecule has 0 atom stereocenters. The number of hydrogen-bond acceptors (Lipinski definition) is 3. The van der Waals surface area contributed by atoms with Gasteiger partial charge in [0.25, 0.3) is 5.91 Å². The zero-order valence-electron chi connectivity index (χ0n) is 8.20. The minimum absolute atomic E-state index is 0.00259. The predicted octanol–water partition coefficient (Wildman–Crippen LogP) is 0.903. The van der Waals surface area contributed by atoms with Crippen molar-refractivity contribution in [2.75, 3.05) is 19.7 Å². The van der Waals surface area contributed by atoms with E-state index in [0.29, 0.717) is 18.8 Å². The van der Waals surface area contributed by atoms with E-state index < -0.39 is 0 Å². The lowest BCUT2D eigenvalue weighted by molar-refractivity contribution is -0.123. The molecule has 0 radical (unpaired) electrons. The van der Waals surface area contributed by atoms with Gasteiger partial charge in [-0.3, -0.25) is 4.79 Å².